The summed E-state index contributed by atoms with van der Waals surface area (Å²) in [6.45, 7) is 15.5. The molecule has 2 nitrogen and oxygen atoms in total. The number of aliphatic imine (C=N–C) groups is 1. The van der Waals surface area contributed by atoms with E-state index in [4.69, 9.17) is 4.74 Å². The van der Waals surface area contributed by atoms with Gasteiger partial charge >= 0.3 is 0 Å². The lowest BCUT2D eigenvalue weighted by molar-refractivity contribution is 0.156. The Hall–Kier alpha value is -0.530. The maximum atomic E-state index is 5.74. The Balaban J connectivity index is 2.87. The molecule has 1 rings (SSSR count). The monoisotopic (exact) mass is 239 g/mol. The highest BCUT2D eigenvalue weighted by molar-refractivity contribution is 5.80. The van der Waals surface area contributed by atoms with Gasteiger partial charge in [-0.25, -0.2) is 0 Å². The minimum atomic E-state index is 0.273. The Kier molecular flexibility index (Phi) is 4.62. The maximum Gasteiger partial charge on any atom is 0.187 e. The minimum absolute atomic E-state index is 0.273. The fraction of sp³-hybridized carbons (Fsp3) is 0.933. The molecule has 0 fully saturated rings. The van der Waals surface area contributed by atoms with Crippen LogP contribution < -0.4 is 0 Å². The first-order chi connectivity index (χ1) is 7.82. The van der Waals surface area contributed by atoms with E-state index >= 15 is 0 Å². The summed E-state index contributed by atoms with van der Waals surface area (Å²) in [4.78, 5) is 4.56. The number of hydrogen-bond acceptors (Lipinski definition) is 2. The number of hydrogen-bond donors (Lipinski definition) is 0. The van der Waals surface area contributed by atoms with Crippen molar-refractivity contribution in [3.63, 3.8) is 0 Å². The van der Waals surface area contributed by atoms with E-state index in [1.165, 1.54) is 19.3 Å². The zero-order valence-electron chi connectivity index (χ0n) is 12.5. The summed E-state index contributed by atoms with van der Waals surface area (Å²) in [5.41, 5.74) is 0.640. The molecular formula is C15H29NO. The fourth-order valence-corrected chi connectivity index (χ4v) is 2.20. The molecule has 0 bridgehead atoms. The Morgan fingerprint density at radius 1 is 1.18 bits per heavy atom. The Morgan fingerprint density at radius 2 is 1.82 bits per heavy atom. The molecule has 0 aromatic carbocycles. The SMILES string of the molecule is CCC(C)(C)CC(C1=NCCO1)C(C)(C)CC. The summed E-state index contributed by atoms with van der Waals surface area (Å²) in [6, 6.07) is 0. The first-order valence-electron chi connectivity index (χ1n) is 6.99. The van der Waals surface area contributed by atoms with Crippen molar-refractivity contribution < 1.29 is 4.74 Å². The van der Waals surface area contributed by atoms with Crippen molar-refractivity contribution in [2.75, 3.05) is 13.2 Å². The summed E-state index contributed by atoms with van der Waals surface area (Å²) < 4.78 is 5.74. The normalized spacial score (nSPS) is 18.8. The molecule has 0 N–H and O–H groups in total. The van der Waals surface area contributed by atoms with Crippen LogP contribution in [0.5, 0.6) is 0 Å². The van der Waals surface area contributed by atoms with Gasteiger partial charge in [-0.1, -0.05) is 54.4 Å². The minimum Gasteiger partial charge on any atom is -0.479 e. The highest BCUT2D eigenvalue weighted by Crippen LogP contribution is 2.41. The maximum absolute atomic E-state index is 5.74. The van der Waals surface area contributed by atoms with Gasteiger partial charge in [-0.3, -0.25) is 4.99 Å². The van der Waals surface area contributed by atoms with E-state index in [0.29, 0.717) is 11.3 Å². The fourth-order valence-electron chi connectivity index (χ4n) is 2.20. The molecule has 0 saturated carbocycles. The van der Waals surface area contributed by atoms with Crippen LogP contribution in [0, 0.1) is 16.7 Å². The van der Waals surface area contributed by atoms with Crippen molar-refractivity contribution in [1.29, 1.82) is 0 Å². The first-order valence-corrected chi connectivity index (χ1v) is 6.99. The summed E-state index contributed by atoms with van der Waals surface area (Å²) in [5, 5.41) is 0. The Morgan fingerprint density at radius 3 is 2.24 bits per heavy atom. The average molecular weight is 239 g/mol. The zero-order valence-corrected chi connectivity index (χ0v) is 12.5. The summed E-state index contributed by atoms with van der Waals surface area (Å²) in [7, 11) is 0. The van der Waals surface area contributed by atoms with Crippen molar-refractivity contribution in [2.45, 2.75) is 60.8 Å². The molecule has 1 unspecified atom stereocenters. The van der Waals surface area contributed by atoms with Gasteiger partial charge in [-0.05, 0) is 17.3 Å². The van der Waals surface area contributed by atoms with Crippen LogP contribution in [0.2, 0.25) is 0 Å². The lowest BCUT2D eigenvalue weighted by atomic mass is 9.68. The molecule has 2 heteroatoms. The van der Waals surface area contributed by atoms with Gasteiger partial charge in [0.15, 0.2) is 5.90 Å². The lowest BCUT2D eigenvalue weighted by Crippen LogP contribution is -2.34. The van der Waals surface area contributed by atoms with Crippen LogP contribution in [-0.2, 0) is 4.74 Å². The second kappa shape index (κ2) is 5.41. The van der Waals surface area contributed by atoms with Gasteiger partial charge in [0.2, 0.25) is 0 Å². The summed E-state index contributed by atoms with van der Waals surface area (Å²) in [5.74, 6) is 1.48. The van der Waals surface area contributed by atoms with Crippen LogP contribution in [0.4, 0.5) is 0 Å². The first kappa shape index (κ1) is 14.5. The van der Waals surface area contributed by atoms with Crippen LogP contribution in [0.1, 0.15) is 60.8 Å². The van der Waals surface area contributed by atoms with Gasteiger partial charge in [0, 0.05) is 5.92 Å². The van der Waals surface area contributed by atoms with Crippen LogP contribution in [0.3, 0.4) is 0 Å². The largest absolute Gasteiger partial charge is 0.479 e. The van der Waals surface area contributed by atoms with E-state index < -0.39 is 0 Å². The van der Waals surface area contributed by atoms with E-state index in [1.54, 1.807) is 0 Å². The van der Waals surface area contributed by atoms with Crippen LogP contribution in [-0.4, -0.2) is 19.0 Å². The number of rotatable bonds is 6. The molecule has 0 aromatic heterocycles. The van der Waals surface area contributed by atoms with E-state index in [9.17, 15) is 0 Å². The number of nitrogens with zero attached hydrogens (tertiary/aromatic N) is 1. The van der Waals surface area contributed by atoms with E-state index in [2.05, 4.69) is 46.5 Å². The molecule has 0 radical (unpaired) electrons. The van der Waals surface area contributed by atoms with E-state index in [-0.39, 0.29) is 5.41 Å². The van der Waals surface area contributed by atoms with Gasteiger partial charge in [-0.2, -0.15) is 0 Å². The molecule has 0 spiro atoms. The molecule has 0 aliphatic carbocycles. The topological polar surface area (TPSA) is 21.6 Å². The molecular weight excluding hydrogens is 210 g/mol. The molecule has 17 heavy (non-hydrogen) atoms. The highest BCUT2D eigenvalue weighted by atomic mass is 16.5. The van der Waals surface area contributed by atoms with Crippen LogP contribution in [0.25, 0.3) is 0 Å². The van der Waals surface area contributed by atoms with Crippen LogP contribution in [0.15, 0.2) is 4.99 Å². The van der Waals surface area contributed by atoms with Gasteiger partial charge in [-0.15, -0.1) is 0 Å². The van der Waals surface area contributed by atoms with Gasteiger partial charge in [0.25, 0.3) is 0 Å². The van der Waals surface area contributed by atoms with Gasteiger partial charge < -0.3 is 4.74 Å². The van der Waals surface area contributed by atoms with Crippen molar-refractivity contribution in [3.05, 3.63) is 0 Å². The Labute approximate surface area is 107 Å². The van der Waals surface area contributed by atoms with E-state index in [0.717, 1.165) is 19.0 Å². The summed E-state index contributed by atoms with van der Waals surface area (Å²) in [6.07, 6.45) is 3.54. The van der Waals surface area contributed by atoms with Crippen molar-refractivity contribution in [3.8, 4) is 0 Å². The zero-order chi connectivity index (χ0) is 13.1. The summed E-state index contributed by atoms with van der Waals surface area (Å²) >= 11 is 0. The molecule has 100 valence electrons. The van der Waals surface area contributed by atoms with Crippen molar-refractivity contribution >= 4 is 5.90 Å². The molecule has 0 saturated heterocycles. The second-order valence-corrected chi connectivity index (χ2v) is 6.69. The Bertz CT molecular complexity index is 279. The predicted octanol–water partition coefficient (Wildman–Crippen LogP) is 4.29. The molecule has 1 aliphatic rings. The van der Waals surface area contributed by atoms with Crippen molar-refractivity contribution in [2.24, 2.45) is 21.7 Å². The van der Waals surface area contributed by atoms with Gasteiger partial charge in [0.05, 0.1) is 6.54 Å². The third-order valence-electron chi connectivity index (χ3n) is 4.48. The van der Waals surface area contributed by atoms with Gasteiger partial charge in [0.1, 0.15) is 6.61 Å². The molecule has 1 aliphatic heterocycles. The highest BCUT2D eigenvalue weighted by Gasteiger charge is 2.37. The smallest absolute Gasteiger partial charge is 0.187 e. The molecule has 1 atom stereocenters. The standard InChI is InChI=1S/C15H29NO/c1-7-14(3,4)11-12(15(5,6)8-2)13-16-9-10-17-13/h12H,7-11H2,1-6H3. The predicted molar refractivity (Wildman–Crippen MR) is 74.5 cm³/mol. The second-order valence-electron chi connectivity index (χ2n) is 6.69. The lowest BCUT2D eigenvalue weighted by Gasteiger charge is -2.38. The molecule has 1 heterocycles. The quantitative estimate of drug-likeness (QED) is 0.677. The average Bonchev–Trinajstić information content (AvgIpc) is 2.79. The van der Waals surface area contributed by atoms with Crippen molar-refractivity contribution in [1.82, 2.24) is 0 Å². The number of ether oxygens (including phenoxy) is 1. The van der Waals surface area contributed by atoms with Crippen LogP contribution >= 0.6 is 0 Å². The molecule has 0 amide bonds. The molecule has 0 aromatic rings. The third kappa shape index (κ3) is 3.72. The third-order valence-corrected chi connectivity index (χ3v) is 4.48. The van der Waals surface area contributed by atoms with E-state index in [1.807, 2.05) is 0 Å².